The van der Waals surface area contributed by atoms with Crippen LogP contribution in [-0.4, -0.2) is 38.0 Å². The zero-order valence-electron chi connectivity index (χ0n) is 17.3. The fourth-order valence-electron chi connectivity index (χ4n) is 3.47. The van der Waals surface area contributed by atoms with E-state index in [1.165, 1.54) is 7.11 Å². The Bertz CT molecular complexity index is 1180. The number of nitrogens with zero attached hydrogens (tertiary/aromatic N) is 2. The second-order valence-electron chi connectivity index (χ2n) is 7.06. The van der Waals surface area contributed by atoms with Crippen molar-refractivity contribution in [2.24, 2.45) is 4.99 Å². The molecule has 32 heavy (non-hydrogen) atoms. The molecule has 8 heteroatoms. The molecule has 2 aliphatic rings. The Morgan fingerprint density at radius 2 is 2.06 bits per heavy atom. The van der Waals surface area contributed by atoms with Crippen LogP contribution in [0.1, 0.15) is 24.0 Å². The molecule has 1 saturated heterocycles. The van der Waals surface area contributed by atoms with Crippen LogP contribution in [0.25, 0.3) is 6.08 Å². The van der Waals surface area contributed by atoms with Crippen molar-refractivity contribution in [2.45, 2.75) is 12.8 Å². The Morgan fingerprint density at radius 3 is 2.72 bits per heavy atom. The number of aliphatic imine (C=N–C) groups is 1. The molecule has 2 aromatic rings. The number of halogens is 1. The van der Waals surface area contributed by atoms with Gasteiger partial charge < -0.3 is 19.1 Å². The van der Waals surface area contributed by atoms with Crippen LogP contribution in [0.3, 0.4) is 0 Å². The second-order valence-corrected chi connectivity index (χ2v) is 7.47. The monoisotopic (exact) mass is 450 g/mol. The molecule has 1 fully saturated rings. The highest BCUT2D eigenvalue weighted by Crippen LogP contribution is 2.37. The van der Waals surface area contributed by atoms with Gasteiger partial charge in [-0.3, -0.25) is 4.79 Å². The van der Waals surface area contributed by atoms with E-state index in [2.05, 4.69) is 10.9 Å². The summed E-state index contributed by atoms with van der Waals surface area (Å²) in [6, 6.07) is 10.5. The molecular weight excluding hydrogens is 432 g/mol. The minimum absolute atomic E-state index is 0.0429. The van der Waals surface area contributed by atoms with Crippen LogP contribution >= 0.6 is 11.6 Å². The molecule has 2 aromatic carbocycles. The summed E-state index contributed by atoms with van der Waals surface area (Å²) in [4.78, 5) is 30.3. The molecule has 0 bridgehead atoms. The lowest BCUT2D eigenvalue weighted by atomic mass is 10.1. The molecule has 4 rings (SSSR count). The summed E-state index contributed by atoms with van der Waals surface area (Å²) in [7, 11) is 1.48. The maximum atomic E-state index is 12.4. The van der Waals surface area contributed by atoms with Gasteiger partial charge in [-0.1, -0.05) is 17.5 Å². The Balaban J connectivity index is 1.58. The van der Waals surface area contributed by atoms with Gasteiger partial charge in [0.1, 0.15) is 6.61 Å². The van der Waals surface area contributed by atoms with Gasteiger partial charge in [-0.2, -0.15) is 0 Å². The number of anilines is 1. The van der Waals surface area contributed by atoms with E-state index >= 15 is 0 Å². The number of hydrogen-bond acceptors (Lipinski definition) is 6. The molecule has 0 aromatic heterocycles. The first-order valence-corrected chi connectivity index (χ1v) is 10.2. The van der Waals surface area contributed by atoms with Crippen molar-refractivity contribution in [2.75, 3.05) is 25.2 Å². The minimum Gasteiger partial charge on any atom is -0.493 e. The highest BCUT2D eigenvalue weighted by Gasteiger charge is 2.26. The summed E-state index contributed by atoms with van der Waals surface area (Å²) < 4.78 is 16.1. The molecule has 0 N–H and O–H groups in total. The fourth-order valence-corrected chi connectivity index (χ4v) is 3.75. The van der Waals surface area contributed by atoms with E-state index in [9.17, 15) is 9.59 Å². The van der Waals surface area contributed by atoms with Crippen LogP contribution in [0.5, 0.6) is 11.5 Å². The maximum absolute atomic E-state index is 12.4. The van der Waals surface area contributed by atoms with Gasteiger partial charge in [0.05, 0.1) is 12.1 Å². The highest BCUT2D eigenvalue weighted by molar-refractivity contribution is 6.32. The average Bonchev–Trinajstić information content (AvgIpc) is 3.38. The molecule has 0 unspecified atom stereocenters. The fraction of sp³-hybridized carbons (Fsp3) is 0.208. The summed E-state index contributed by atoms with van der Waals surface area (Å²) in [5.41, 5.74) is 2.14. The number of esters is 1. The average molecular weight is 451 g/mol. The van der Waals surface area contributed by atoms with Crippen LogP contribution in [0.15, 0.2) is 47.1 Å². The molecule has 162 valence electrons. The Kier molecular flexibility index (Phi) is 6.15. The zero-order valence-corrected chi connectivity index (χ0v) is 18.0. The molecule has 0 aliphatic carbocycles. The molecule has 7 nitrogen and oxygen atoms in total. The van der Waals surface area contributed by atoms with Gasteiger partial charge in [0.2, 0.25) is 11.8 Å². The van der Waals surface area contributed by atoms with Gasteiger partial charge in [-0.15, -0.1) is 6.42 Å². The molecule has 2 aliphatic heterocycles. The molecule has 0 atom stereocenters. The van der Waals surface area contributed by atoms with Crippen molar-refractivity contribution in [3.05, 3.63) is 58.2 Å². The number of methoxy groups -OCH3 is 1. The van der Waals surface area contributed by atoms with Gasteiger partial charge in [0, 0.05) is 24.2 Å². The smallest absolute Gasteiger partial charge is 0.363 e. The lowest BCUT2D eigenvalue weighted by molar-refractivity contribution is -0.130. The Morgan fingerprint density at radius 1 is 1.28 bits per heavy atom. The Labute approximate surface area is 190 Å². The second kappa shape index (κ2) is 9.16. The quantitative estimate of drug-likeness (QED) is 0.380. The van der Waals surface area contributed by atoms with E-state index in [0.29, 0.717) is 35.6 Å². The van der Waals surface area contributed by atoms with E-state index in [-0.39, 0.29) is 29.1 Å². The first kappa shape index (κ1) is 21.5. The van der Waals surface area contributed by atoms with Crippen LogP contribution in [0, 0.1) is 12.3 Å². The number of amides is 1. The van der Waals surface area contributed by atoms with Crippen molar-refractivity contribution in [1.29, 1.82) is 0 Å². The third-order valence-corrected chi connectivity index (χ3v) is 5.26. The number of benzene rings is 2. The first-order valence-electron chi connectivity index (χ1n) is 9.87. The number of carbonyl (C=O) groups excluding carboxylic acids is 2. The van der Waals surface area contributed by atoms with Crippen molar-refractivity contribution in [3.63, 3.8) is 0 Å². The van der Waals surface area contributed by atoms with Crippen LogP contribution in [0.2, 0.25) is 5.02 Å². The first-order chi connectivity index (χ1) is 15.5. The minimum atomic E-state index is -0.582. The van der Waals surface area contributed by atoms with Gasteiger partial charge in [0.15, 0.2) is 17.2 Å². The molecule has 1 amide bonds. The van der Waals surface area contributed by atoms with Crippen LogP contribution in [0.4, 0.5) is 5.69 Å². The molecule has 0 spiro atoms. The Hall–Kier alpha value is -3.76. The third-order valence-electron chi connectivity index (χ3n) is 4.97. The lowest BCUT2D eigenvalue weighted by Crippen LogP contribution is -2.23. The summed E-state index contributed by atoms with van der Waals surface area (Å²) >= 11 is 6.29. The molecular formula is C24H19ClN2O5. The zero-order chi connectivity index (χ0) is 22.7. The predicted molar refractivity (Wildman–Crippen MR) is 121 cm³/mol. The standard InChI is InChI=1S/C24H19ClN2O5/c1-3-11-31-22-18(25)12-15(14-20(22)30-2)13-19-24(29)32-23(26-19)16-6-8-17(9-7-16)27-10-4-5-21(27)28/h1,6-9,12-14H,4-5,10-11H2,2H3/b19-13-. The van der Waals surface area contributed by atoms with E-state index in [1.807, 2.05) is 12.1 Å². The van der Waals surface area contributed by atoms with Gasteiger partial charge in [-0.05, 0) is 54.5 Å². The highest BCUT2D eigenvalue weighted by atomic mass is 35.5. The number of ether oxygens (including phenoxy) is 3. The van der Waals surface area contributed by atoms with E-state index in [0.717, 1.165) is 12.1 Å². The van der Waals surface area contributed by atoms with Crippen molar-refractivity contribution < 1.29 is 23.8 Å². The van der Waals surface area contributed by atoms with Crippen molar-refractivity contribution >= 4 is 41.1 Å². The van der Waals surface area contributed by atoms with Crippen molar-refractivity contribution in [3.8, 4) is 23.8 Å². The number of hydrogen-bond donors (Lipinski definition) is 0. The summed E-state index contributed by atoms with van der Waals surface area (Å²) in [5, 5.41) is 0.286. The summed E-state index contributed by atoms with van der Waals surface area (Å²) in [5.74, 6) is 2.78. The van der Waals surface area contributed by atoms with E-state index < -0.39 is 5.97 Å². The number of rotatable bonds is 6. The van der Waals surface area contributed by atoms with E-state index in [4.69, 9.17) is 32.2 Å². The number of terminal acetylenes is 1. The lowest BCUT2D eigenvalue weighted by Gasteiger charge is -2.15. The molecule has 0 saturated carbocycles. The SMILES string of the molecule is C#CCOc1c(Cl)cc(/C=C2\N=C(c3ccc(N4CCCC4=O)cc3)OC2=O)cc1OC. The number of carbonyl (C=O) groups is 2. The number of cyclic esters (lactones) is 1. The summed E-state index contributed by atoms with van der Waals surface area (Å²) in [6.45, 7) is 0.751. The maximum Gasteiger partial charge on any atom is 0.363 e. The largest absolute Gasteiger partial charge is 0.493 e. The van der Waals surface area contributed by atoms with Crippen LogP contribution < -0.4 is 14.4 Å². The third kappa shape index (κ3) is 4.32. The topological polar surface area (TPSA) is 77.4 Å². The van der Waals surface area contributed by atoms with Gasteiger partial charge in [0.25, 0.3) is 0 Å². The van der Waals surface area contributed by atoms with Crippen LogP contribution in [-0.2, 0) is 14.3 Å². The van der Waals surface area contributed by atoms with Crippen molar-refractivity contribution in [1.82, 2.24) is 0 Å². The molecule has 0 radical (unpaired) electrons. The molecule has 2 heterocycles. The predicted octanol–water partition coefficient (Wildman–Crippen LogP) is 3.83. The van der Waals surface area contributed by atoms with Gasteiger partial charge >= 0.3 is 5.97 Å². The van der Waals surface area contributed by atoms with Gasteiger partial charge in [-0.25, -0.2) is 9.79 Å². The summed E-state index contributed by atoms with van der Waals surface area (Å²) in [6.07, 6.45) is 8.19. The van der Waals surface area contributed by atoms with E-state index in [1.54, 1.807) is 35.2 Å². The normalized spacial score (nSPS) is 16.7.